The number of amides is 1. The van der Waals surface area contributed by atoms with Gasteiger partial charge in [0.1, 0.15) is 36.7 Å². The Hall–Kier alpha value is -2.31. The number of aliphatic hydroxyl groups excluding tert-OH is 3. The number of ether oxygens (including phenoxy) is 2. The highest BCUT2D eigenvalue weighted by atomic mass is 32.1. The summed E-state index contributed by atoms with van der Waals surface area (Å²) < 4.78 is 15.3. The number of benzene rings is 1. The standard InChI is InChI=1S/C22H32N4O6S/c1-12(2)9-25-17(11-31-15-7-5-6-13(3)8-15)24-26(22(25)33)21-18(23-14(4)28)20(30)19(29)16(10-27)32-21/h5-8,12,16,18-21,27,29-30H,9-11H2,1-4H3,(H,23,28)/t16-,18-,19-,20-,21-/m1/s1. The molecule has 2 aromatic rings. The highest BCUT2D eigenvalue weighted by Gasteiger charge is 2.46. The van der Waals surface area contributed by atoms with E-state index in [0.717, 1.165) is 5.56 Å². The van der Waals surface area contributed by atoms with Crippen LogP contribution in [0.5, 0.6) is 5.75 Å². The van der Waals surface area contributed by atoms with Crippen LogP contribution in [-0.4, -0.2) is 66.5 Å². The number of carbonyl (C=O) groups is 1. The summed E-state index contributed by atoms with van der Waals surface area (Å²) in [6.07, 6.45) is -4.89. The maximum atomic E-state index is 11.8. The molecule has 1 saturated heterocycles. The number of rotatable bonds is 8. The number of carbonyl (C=O) groups excluding carboxylic acids is 1. The van der Waals surface area contributed by atoms with Gasteiger partial charge in [-0.25, -0.2) is 4.68 Å². The number of hydrogen-bond acceptors (Lipinski definition) is 8. The van der Waals surface area contributed by atoms with Gasteiger partial charge in [0.25, 0.3) is 0 Å². The summed E-state index contributed by atoms with van der Waals surface area (Å²) in [5.41, 5.74) is 1.06. The molecule has 1 aromatic carbocycles. The Morgan fingerprint density at radius 3 is 2.67 bits per heavy atom. The smallest absolute Gasteiger partial charge is 0.217 e. The fourth-order valence-corrected chi connectivity index (χ4v) is 4.15. The van der Waals surface area contributed by atoms with Crippen LogP contribution in [0.25, 0.3) is 0 Å². The monoisotopic (exact) mass is 480 g/mol. The molecule has 5 atom stereocenters. The van der Waals surface area contributed by atoms with Gasteiger partial charge in [-0.2, -0.15) is 5.10 Å². The second kappa shape index (κ2) is 10.7. The molecule has 33 heavy (non-hydrogen) atoms. The number of aryl methyl sites for hydroxylation is 1. The Bertz CT molecular complexity index is 1020. The SMILES string of the molecule is CC(=O)N[C@@H]1[C@@H](O)[C@H](O)[C@@H](CO)O[C@H]1n1nc(COc2cccc(C)c2)n(CC(C)C)c1=S. The van der Waals surface area contributed by atoms with E-state index in [1.807, 2.05) is 49.6 Å². The zero-order valence-corrected chi connectivity index (χ0v) is 20.0. The molecule has 4 N–H and O–H groups in total. The Morgan fingerprint density at radius 2 is 2.06 bits per heavy atom. The predicted molar refractivity (Wildman–Crippen MR) is 122 cm³/mol. The maximum absolute atomic E-state index is 11.8. The number of aromatic nitrogens is 3. The number of nitrogens with one attached hydrogen (secondary N) is 1. The summed E-state index contributed by atoms with van der Waals surface area (Å²) in [6.45, 7) is 7.54. The zero-order valence-electron chi connectivity index (χ0n) is 19.2. The van der Waals surface area contributed by atoms with E-state index in [0.29, 0.717) is 22.9 Å². The fraction of sp³-hybridized carbons (Fsp3) is 0.591. The quantitative estimate of drug-likeness (QED) is 0.413. The van der Waals surface area contributed by atoms with Crippen LogP contribution in [0.15, 0.2) is 24.3 Å². The molecular weight excluding hydrogens is 448 g/mol. The van der Waals surface area contributed by atoms with Crippen molar-refractivity contribution in [1.29, 1.82) is 0 Å². The van der Waals surface area contributed by atoms with Crippen molar-refractivity contribution in [1.82, 2.24) is 19.7 Å². The molecule has 11 heteroatoms. The van der Waals surface area contributed by atoms with Gasteiger partial charge >= 0.3 is 0 Å². The first-order chi connectivity index (χ1) is 15.6. The lowest BCUT2D eigenvalue weighted by Crippen LogP contribution is -2.62. The van der Waals surface area contributed by atoms with Crippen LogP contribution in [0.3, 0.4) is 0 Å². The van der Waals surface area contributed by atoms with E-state index in [9.17, 15) is 20.1 Å². The molecule has 0 bridgehead atoms. The first-order valence-electron chi connectivity index (χ1n) is 10.9. The molecule has 1 aliphatic rings. The maximum Gasteiger partial charge on any atom is 0.217 e. The molecule has 0 radical (unpaired) electrons. The third kappa shape index (κ3) is 5.79. The molecule has 182 valence electrons. The predicted octanol–water partition coefficient (Wildman–Crippen LogP) is 1.07. The lowest BCUT2D eigenvalue weighted by Gasteiger charge is -2.42. The molecule has 1 amide bonds. The van der Waals surface area contributed by atoms with Crippen molar-refractivity contribution in [2.45, 2.75) is 71.4 Å². The number of hydrogen-bond donors (Lipinski definition) is 4. The van der Waals surface area contributed by atoms with Gasteiger partial charge in [0.2, 0.25) is 5.91 Å². The lowest BCUT2D eigenvalue weighted by atomic mass is 9.96. The van der Waals surface area contributed by atoms with E-state index in [-0.39, 0.29) is 12.5 Å². The largest absolute Gasteiger partial charge is 0.486 e. The van der Waals surface area contributed by atoms with E-state index in [1.54, 1.807) is 0 Å². The van der Waals surface area contributed by atoms with Gasteiger partial charge in [-0.3, -0.25) is 4.79 Å². The van der Waals surface area contributed by atoms with Crippen molar-refractivity contribution < 1.29 is 29.6 Å². The summed E-state index contributed by atoms with van der Waals surface area (Å²) in [4.78, 5) is 11.8. The molecule has 0 aliphatic carbocycles. The van der Waals surface area contributed by atoms with Gasteiger partial charge in [-0.1, -0.05) is 26.0 Å². The molecular formula is C22H32N4O6S. The van der Waals surface area contributed by atoms with Crippen molar-refractivity contribution in [3.63, 3.8) is 0 Å². The third-order valence-electron chi connectivity index (χ3n) is 5.38. The molecule has 3 rings (SSSR count). The van der Waals surface area contributed by atoms with Crippen molar-refractivity contribution in [3.05, 3.63) is 40.4 Å². The van der Waals surface area contributed by atoms with Crippen molar-refractivity contribution in [2.24, 2.45) is 5.92 Å². The van der Waals surface area contributed by atoms with Gasteiger partial charge in [-0.05, 0) is 42.8 Å². The summed E-state index contributed by atoms with van der Waals surface area (Å²) in [6, 6.07) is 6.62. The van der Waals surface area contributed by atoms with Gasteiger partial charge < -0.3 is 34.7 Å². The zero-order chi connectivity index (χ0) is 24.3. The average Bonchev–Trinajstić information content (AvgIpc) is 3.05. The second-order valence-corrected chi connectivity index (χ2v) is 9.07. The van der Waals surface area contributed by atoms with Crippen LogP contribution in [-0.2, 0) is 22.7 Å². The van der Waals surface area contributed by atoms with Crippen LogP contribution in [0.2, 0.25) is 0 Å². The van der Waals surface area contributed by atoms with Crippen LogP contribution >= 0.6 is 12.2 Å². The third-order valence-corrected chi connectivity index (χ3v) is 5.79. The van der Waals surface area contributed by atoms with Crippen LogP contribution in [0.4, 0.5) is 0 Å². The van der Waals surface area contributed by atoms with Crippen molar-refractivity contribution >= 4 is 18.1 Å². The normalized spacial score (nSPS) is 25.3. The average molecular weight is 481 g/mol. The first kappa shape index (κ1) is 25.3. The molecule has 1 fully saturated rings. The second-order valence-electron chi connectivity index (χ2n) is 8.71. The topological polar surface area (TPSA) is 131 Å². The molecule has 1 aromatic heterocycles. The molecule has 0 saturated carbocycles. The Kier molecular flexibility index (Phi) is 8.24. The minimum absolute atomic E-state index is 0.138. The molecule has 1 aliphatic heterocycles. The summed E-state index contributed by atoms with van der Waals surface area (Å²) in [5.74, 6) is 1.07. The van der Waals surface area contributed by atoms with Crippen molar-refractivity contribution in [3.8, 4) is 5.75 Å². The van der Waals surface area contributed by atoms with Gasteiger partial charge in [0.05, 0.1) is 6.61 Å². The highest BCUT2D eigenvalue weighted by molar-refractivity contribution is 7.71. The summed E-state index contributed by atoms with van der Waals surface area (Å²) >= 11 is 5.68. The summed E-state index contributed by atoms with van der Waals surface area (Å²) in [5, 5.41) is 37.8. The van der Waals surface area contributed by atoms with Crippen LogP contribution in [0, 0.1) is 17.6 Å². The lowest BCUT2D eigenvalue weighted by molar-refractivity contribution is -0.219. The molecule has 10 nitrogen and oxygen atoms in total. The highest BCUT2D eigenvalue weighted by Crippen LogP contribution is 2.29. The van der Waals surface area contributed by atoms with E-state index in [2.05, 4.69) is 10.4 Å². The molecule has 0 unspecified atom stereocenters. The Morgan fingerprint density at radius 1 is 1.33 bits per heavy atom. The Balaban J connectivity index is 1.99. The number of aliphatic hydroxyl groups is 3. The number of nitrogens with zero attached hydrogens (tertiary/aromatic N) is 3. The fourth-order valence-electron chi connectivity index (χ4n) is 3.83. The van der Waals surface area contributed by atoms with Gasteiger partial charge in [0.15, 0.2) is 16.8 Å². The molecule has 2 heterocycles. The van der Waals surface area contributed by atoms with Crippen molar-refractivity contribution in [2.75, 3.05) is 6.61 Å². The van der Waals surface area contributed by atoms with E-state index in [1.165, 1.54) is 11.6 Å². The van der Waals surface area contributed by atoms with E-state index in [4.69, 9.17) is 21.7 Å². The summed E-state index contributed by atoms with van der Waals surface area (Å²) in [7, 11) is 0. The van der Waals surface area contributed by atoms with Gasteiger partial charge in [0, 0.05) is 13.5 Å². The van der Waals surface area contributed by atoms with Crippen LogP contribution < -0.4 is 10.1 Å². The van der Waals surface area contributed by atoms with E-state index >= 15 is 0 Å². The first-order valence-corrected chi connectivity index (χ1v) is 11.3. The van der Waals surface area contributed by atoms with Gasteiger partial charge in [-0.15, -0.1) is 0 Å². The van der Waals surface area contributed by atoms with E-state index < -0.39 is 43.1 Å². The molecule has 0 spiro atoms. The Labute approximate surface area is 197 Å². The minimum atomic E-state index is -1.39. The van der Waals surface area contributed by atoms with Crippen LogP contribution in [0.1, 0.15) is 38.4 Å². The minimum Gasteiger partial charge on any atom is -0.486 e.